The minimum atomic E-state index is -1.09. The van der Waals surface area contributed by atoms with E-state index in [0.29, 0.717) is 6.61 Å². The number of carbonyl (C=O) groups excluding carboxylic acids is 1. The van der Waals surface area contributed by atoms with Crippen LogP contribution in [0.4, 0.5) is 0 Å². The molecule has 0 aliphatic rings. The Morgan fingerprint density at radius 2 is 2.14 bits per heavy atom. The normalized spacial score (nSPS) is 14.5. The first kappa shape index (κ1) is 12.9. The van der Waals surface area contributed by atoms with E-state index in [1.165, 1.54) is 7.11 Å². The van der Waals surface area contributed by atoms with Gasteiger partial charge in [-0.05, 0) is 6.92 Å². The van der Waals surface area contributed by atoms with Crippen LogP contribution in [0.25, 0.3) is 0 Å². The summed E-state index contributed by atoms with van der Waals surface area (Å²) in [5.41, 5.74) is 5.33. The lowest BCUT2D eigenvalue weighted by Crippen LogP contribution is -2.46. The number of hydrogen-bond acceptors (Lipinski definition) is 4. The third-order valence-corrected chi connectivity index (χ3v) is 1.54. The predicted molar refractivity (Wildman–Crippen MR) is 49.7 cm³/mol. The molecule has 6 nitrogen and oxygen atoms in total. The highest BCUT2D eigenvalue weighted by Gasteiger charge is 2.18. The molecular formula is C8H16N2O4. The van der Waals surface area contributed by atoms with Gasteiger partial charge in [-0.25, -0.2) is 0 Å². The summed E-state index contributed by atoms with van der Waals surface area (Å²) in [5, 5.41) is 10.9. The van der Waals surface area contributed by atoms with Gasteiger partial charge in [0.25, 0.3) is 0 Å². The van der Waals surface area contributed by atoms with Crippen molar-refractivity contribution >= 4 is 11.9 Å². The van der Waals surface area contributed by atoms with Crippen LogP contribution in [0, 0.1) is 0 Å². The Labute approximate surface area is 82.4 Å². The third kappa shape index (κ3) is 5.50. The molecule has 0 bridgehead atoms. The van der Waals surface area contributed by atoms with Crippen molar-refractivity contribution in [3.63, 3.8) is 0 Å². The van der Waals surface area contributed by atoms with E-state index in [1.54, 1.807) is 6.92 Å². The van der Waals surface area contributed by atoms with Gasteiger partial charge < -0.3 is 20.9 Å². The van der Waals surface area contributed by atoms with Crippen molar-refractivity contribution in [3.8, 4) is 0 Å². The van der Waals surface area contributed by atoms with Gasteiger partial charge in [0, 0.05) is 13.2 Å². The van der Waals surface area contributed by atoms with Crippen LogP contribution in [0.1, 0.15) is 13.3 Å². The zero-order valence-electron chi connectivity index (χ0n) is 8.32. The maximum Gasteiger partial charge on any atom is 0.305 e. The lowest BCUT2D eigenvalue weighted by atomic mass is 10.2. The van der Waals surface area contributed by atoms with Crippen LogP contribution in [-0.4, -0.2) is 42.8 Å². The second-order valence-electron chi connectivity index (χ2n) is 3.07. The molecule has 0 rings (SSSR count). The summed E-state index contributed by atoms with van der Waals surface area (Å²) in [7, 11) is 1.51. The van der Waals surface area contributed by atoms with Crippen molar-refractivity contribution in [2.24, 2.45) is 5.73 Å². The van der Waals surface area contributed by atoms with E-state index >= 15 is 0 Å². The Morgan fingerprint density at radius 1 is 1.57 bits per heavy atom. The number of methoxy groups -OCH3 is 1. The number of ether oxygens (including phenoxy) is 1. The molecule has 0 heterocycles. The van der Waals surface area contributed by atoms with E-state index in [0.717, 1.165) is 0 Å². The topological polar surface area (TPSA) is 102 Å². The van der Waals surface area contributed by atoms with Crippen molar-refractivity contribution in [2.45, 2.75) is 25.4 Å². The molecule has 4 N–H and O–H groups in total. The summed E-state index contributed by atoms with van der Waals surface area (Å²) in [6, 6.07) is -1.18. The van der Waals surface area contributed by atoms with Crippen molar-refractivity contribution in [1.82, 2.24) is 5.32 Å². The Kier molecular flexibility index (Phi) is 5.82. The maximum atomic E-state index is 11.2. The molecule has 0 saturated heterocycles. The fourth-order valence-corrected chi connectivity index (χ4v) is 0.922. The number of nitrogens with one attached hydrogen (secondary N) is 1. The third-order valence-electron chi connectivity index (χ3n) is 1.54. The molecule has 2 unspecified atom stereocenters. The van der Waals surface area contributed by atoms with Crippen LogP contribution < -0.4 is 11.1 Å². The summed E-state index contributed by atoms with van der Waals surface area (Å²) < 4.78 is 4.79. The molecule has 0 aliphatic heterocycles. The summed E-state index contributed by atoms with van der Waals surface area (Å²) in [4.78, 5) is 21.4. The predicted octanol–water partition coefficient (Wildman–Crippen LogP) is -1.06. The van der Waals surface area contributed by atoms with Crippen LogP contribution in [0.3, 0.4) is 0 Å². The zero-order chi connectivity index (χ0) is 11.1. The molecule has 0 saturated carbocycles. The van der Waals surface area contributed by atoms with Gasteiger partial charge >= 0.3 is 5.97 Å². The SMILES string of the molecule is COCC(C)NC(=O)C(N)CC(=O)O. The van der Waals surface area contributed by atoms with Gasteiger partial charge in [-0.15, -0.1) is 0 Å². The van der Waals surface area contributed by atoms with E-state index in [2.05, 4.69) is 5.32 Å². The number of nitrogens with two attached hydrogens (primary N) is 1. The smallest absolute Gasteiger partial charge is 0.305 e. The number of carbonyl (C=O) groups is 2. The van der Waals surface area contributed by atoms with E-state index in [-0.39, 0.29) is 12.5 Å². The first-order valence-electron chi connectivity index (χ1n) is 4.24. The minimum absolute atomic E-state index is 0.174. The van der Waals surface area contributed by atoms with Crippen LogP contribution in [0.15, 0.2) is 0 Å². The Hall–Kier alpha value is -1.14. The Morgan fingerprint density at radius 3 is 2.57 bits per heavy atom. The molecule has 0 aromatic rings. The molecule has 0 aromatic heterocycles. The number of carboxylic acid groups (broad SMARTS) is 1. The zero-order valence-corrected chi connectivity index (χ0v) is 8.32. The molecule has 0 radical (unpaired) electrons. The standard InChI is InChI=1S/C8H16N2O4/c1-5(4-14-2)10-8(13)6(9)3-7(11)12/h5-6H,3-4,9H2,1-2H3,(H,10,13)(H,11,12). The molecule has 0 spiro atoms. The number of aliphatic carboxylic acids is 1. The first-order chi connectivity index (χ1) is 6.47. The van der Waals surface area contributed by atoms with Gasteiger partial charge in [-0.2, -0.15) is 0 Å². The lowest BCUT2D eigenvalue weighted by Gasteiger charge is -2.15. The van der Waals surface area contributed by atoms with Gasteiger partial charge in [-0.3, -0.25) is 9.59 Å². The van der Waals surface area contributed by atoms with E-state index < -0.39 is 17.9 Å². The number of rotatable bonds is 6. The molecular weight excluding hydrogens is 188 g/mol. The Bertz CT molecular complexity index is 208. The van der Waals surface area contributed by atoms with Crippen molar-refractivity contribution in [3.05, 3.63) is 0 Å². The van der Waals surface area contributed by atoms with Gasteiger partial charge in [0.1, 0.15) is 0 Å². The monoisotopic (exact) mass is 204 g/mol. The number of carboxylic acids is 1. The highest BCUT2D eigenvalue weighted by molar-refractivity contribution is 5.86. The Balaban J connectivity index is 3.88. The fraction of sp³-hybridized carbons (Fsp3) is 0.750. The molecule has 1 amide bonds. The molecule has 0 aromatic carbocycles. The van der Waals surface area contributed by atoms with Crippen LogP contribution >= 0.6 is 0 Å². The largest absolute Gasteiger partial charge is 0.481 e. The molecule has 82 valence electrons. The maximum absolute atomic E-state index is 11.2. The number of amides is 1. The number of hydrogen-bond donors (Lipinski definition) is 3. The molecule has 0 fully saturated rings. The van der Waals surface area contributed by atoms with Crippen LogP contribution in [0.5, 0.6) is 0 Å². The lowest BCUT2D eigenvalue weighted by molar-refractivity contribution is -0.139. The van der Waals surface area contributed by atoms with Crippen LogP contribution in [0.2, 0.25) is 0 Å². The fourth-order valence-electron chi connectivity index (χ4n) is 0.922. The van der Waals surface area contributed by atoms with Crippen molar-refractivity contribution in [2.75, 3.05) is 13.7 Å². The quantitative estimate of drug-likeness (QED) is 0.512. The summed E-state index contributed by atoms with van der Waals surface area (Å²) in [6.07, 6.45) is -0.370. The molecule has 14 heavy (non-hydrogen) atoms. The van der Waals surface area contributed by atoms with Crippen molar-refractivity contribution < 1.29 is 19.4 Å². The average Bonchev–Trinajstić information content (AvgIpc) is 2.02. The van der Waals surface area contributed by atoms with E-state index in [4.69, 9.17) is 15.6 Å². The second-order valence-corrected chi connectivity index (χ2v) is 3.07. The van der Waals surface area contributed by atoms with E-state index in [9.17, 15) is 9.59 Å². The summed E-state index contributed by atoms with van der Waals surface area (Å²) in [6.45, 7) is 2.11. The van der Waals surface area contributed by atoms with Gasteiger partial charge in [0.05, 0.1) is 19.1 Å². The highest BCUT2D eigenvalue weighted by Crippen LogP contribution is 1.90. The molecule has 0 aliphatic carbocycles. The highest BCUT2D eigenvalue weighted by atomic mass is 16.5. The summed E-state index contributed by atoms with van der Waals surface area (Å²) >= 11 is 0. The average molecular weight is 204 g/mol. The second kappa shape index (κ2) is 6.33. The molecule has 6 heteroatoms. The minimum Gasteiger partial charge on any atom is -0.481 e. The molecule has 2 atom stereocenters. The van der Waals surface area contributed by atoms with E-state index in [1.807, 2.05) is 0 Å². The van der Waals surface area contributed by atoms with Crippen LogP contribution in [-0.2, 0) is 14.3 Å². The first-order valence-corrected chi connectivity index (χ1v) is 4.24. The van der Waals surface area contributed by atoms with Gasteiger partial charge in [0.2, 0.25) is 5.91 Å². The summed E-state index contributed by atoms with van der Waals surface area (Å²) in [5.74, 6) is -1.57. The van der Waals surface area contributed by atoms with Crippen molar-refractivity contribution in [1.29, 1.82) is 0 Å². The van der Waals surface area contributed by atoms with Gasteiger partial charge in [0.15, 0.2) is 0 Å². The van der Waals surface area contributed by atoms with Gasteiger partial charge in [-0.1, -0.05) is 0 Å².